The van der Waals surface area contributed by atoms with Crippen LogP contribution >= 0.6 is 0 Å². The van der Waals surface area contributed by atoms with Gasteiger partial charge in [0, 0.05) is 17.6 Å². The van der Waals surface area contributed by atoms with Gasteiger partial charge in [0.25, 0.3) is 0 Å². The fourth-order valence-electron chi connectivity index (χ4n) is 4.97. The molecule has 0 amide bonds. The second-order valence-corrected chi connectivity index (χ2v) is 13.6. The van der Waals surface area contributed by atoms with Crippen LogP contribution in [0, 0.1) is 5.41 Å². The number of rotatable bonds is 11. The van der Waals surface area contributed by atoms with Gasteiger partial charge in [-0.25, -0.2) is 9.59 Å². The maximum atomic E-state index is 12.8. The quantitative estimate of drug-likeness (QED) is 0.0764. The molecule has 0 aliphatic heterocycles. The predicted molar refractivity (Wildman–Crippen MR) is 201 cm³/mol. The number of carbonyl (C=O) groups excluding carboxylic acids is 4. The van der Waals surface area contributed by atoms with Gasteiger partial charge in [-0.15, -0.1) is 0 Å². The van der Waals surface area contributed by atoms with E-state index in [9.17, 15) is 19.2 Å². The molecule has 0 saturated heterocycles. The summed E-state index contributed by atoms with van der Waals surface area (Å²) in [4.78, 5) is 49.3. The molecule has 5 aromatic carbocycles. The molecular formula is C44H40O8. The summed E-state index contributed by atoms with van der Waals surface area (Å²) in [7, 11) is 0. The molecule has 0 N–H and O–H groups in total. The fraction of sp³-hybridized carbons (Fsp3) is 0.182. The summed E-state index contributed by atoms with van der Waals surface area (Å²) in [6.07, 6.45) is 0.368. The van der Waals surface area contributed by atoms with Gasteiger partial charge in [-0.2, -0.15) is 0 Å². The Bertz CT molecular complexity index is 2190. The van der Waals surface area contributed by atoms with Gasteiger partial charge in [0.1, 0.15) is 11.5 Å². The Labute approximate surface area is 303 Å². The standard InChI is InChI=1S/C44H40O8/c1-27(2)41(46)50-37-20-16-31(17-21-37)33-11-13-34-25-32(10-12-35(34)26-33)30-14-18-36(19-15-30)49-40(45)23-9-29-8-22-38(52-43(48)44(5,6)7)39(24-29)51-42(47)28(3)4/h8,10-22,24-26H,1,3,9,23H2,2,4-7H3. The first-order chi connectivity index (χ1) is 24.7. The molecule has 0 heterocycles. The van der Waals surface area contributed by atoms with Crippen LogP contribution < -0.4 is 18.9 Å². The zero-order chi connectivity index (χ0) is 37.6. The van der Waals surface area contributed by atoms with Gasteiger partial charge in [-0.05, 0) is 128 Å². The van der Waals surface area contributed by atoms with E-state index in [0.29, 0.717) is 29.1 Å². The van der Waals surface area contributed by atoms with E-state index in [1.165, 1.54) is 6.92 Å². The van der Waals surface area contributed by atoms with Crippen LogP contribution in [0.4, 0.5) is 0 Å². The molecule has 5 rings (SSSR count). The van der Waals surface area contributed by atoms with Crippen molar-refractivity contribution >= 4 is 34.6 Å². The van der Waals surface area contributed by atoms with E-state index in [4.69, 9.17) is 18.9 Å². The van der Waals surface area contributed by atoms with E-state index in [-0.39, 0.29) is 23.5 Å². The Morgan fingerprint density at radius 2 is 1.02 bits per heavy atom. The zero-order valence-corrected chi connectivity index (χ0v) is 29.9. The predicted octanol–water partition coefficient (Wildman–Crippen LogP) is 9.63. The molecule has 0 fully saturated rings. The molecule has 0 aromatic heterocycles. The van der Waals surface area contributed by atoms with Crippen molar-refractivity contribution in [3.8, 4) is 45.3 Å². The SMILES string of the molecule is C=C(C)C(=O)Oc1ccc(-c2ccc3cc(-c4ccc(OC(=O)CCc5ccc(OC(=O)C(C)(C)C)c(OC(=O)C(=C)C)c5)cc4)ccc3c2)cc1. The summed E-state index contributed by atoms with van der Waals surface area (Å²) >= 11 is 0. The molecule has 0 atom stereocenters. The lowest BCUT2D eigenvalue weighted by atomic mass is 9.97. The lowest BCUT2D eigenvalue weighted by Gasteiger charge is -2.18. The molecule has 8 nitrogen and oxygen atoms in total. The summed E-state index contributed by atoms with van der Waals surface area (Å²) < 4.78 is 21.8. The molecule has 0 unspecified atom stereocenters. The van der Waals surface area contributed by atoms with Crippen LogP contribution in [-0.2, 0) is 25.6 Å². The van der Waals surface area contributed by atoms with Gasteiger partial charge in [0.15, 0.2) is 11.5 Å². The minimum Gasteiger partial charge on any atom is -0.427 e. The topological polar surface area (TPSA) is 105 Å². The van der Waals surface area contributed by atoms with Gasteiger partial charge in [0.2, 0.25) is 0 Å². The zero-order valence-electron chi connectivity index (χ0n) is 29.9. The van der Waals surface area contributed by atoms with Crippen LogP contribution in [0.2, 0.25) is 0 Å². The Balaban J connectivity index is 1.20. The first-order valence-electron chi connectivity index (χ1n) is 16.7. The smallest absolute Gasteiger partial charge is 0.338 e. The third-order valence-corrected chi connectivity index (χ3v) is 8.00. The lowest BCUT2D eigenvalue weighted by molar-refractivity contribution is -0.143. The second kappa shape index (κ2) is 15.7. The van der Waals surface area contributed by atoms with Crippen LogP contribution in [0.1, 0.15) is 46.6 Å². The molecule has 0 aliphatic rings. The molecule has 0 saturated carbocycles. The monoisotopic (exact) mass is 696 g/mol. The van der Waals surface area contributed by atoms with Crippen molar-refractivity contribution in [3.63, 3.8) is 0 Å². The molecule has 264 valence electrons. The molecule has 5 aromatic rings. The van der Waals surface area contributed by atoms with Crippen molar-refractivity contribution in [2.24, 2.45) is 5.41 Å². The first kappa shape index (κ1) is 37.0. The molecule has 52 heavy (non-hydrogen) atoms. The average molecular weight is 697 g/mol. The van der Waals surface area contributed by atoms with Gasteiger partial charge in [-0.1, -0.05) is 67.8 Å². The fourth-order valence-corrected chi connectivity index (χ4v) is 4.97. The number of ether oxygens (including phenoxy) is 4. The lowest BCUT2D eigenvalue weighted by Crippen LogP contribution is -2.26. The minimum absolute atomic E-state index is 0.0655. The van der Waals surface area contributed by atoms with Gasteiger partial charge in [0.05, 0.1) is 5.41 Å². The van der Waals surface area contributed by atoms with Crippen LogP contribution in [0.3, 0.4) is 0 Å². The van der Waals surface area contributed by atoms with E-state index in [0.717, 1.165) is 33.0 Å². The van der Waals surface area contributed by atoms with Crippen molar-refractivity contribution in [1.29, 1.82) is 0 Å². The molecule has 0 spiro atoms. The molecule has 0 bridgehead atoms. The first-order valence-corrected chi connectivity index (χ1v) is 16.7. The van der Waals surface area contributed by atoms with E-state index >= 15 is 0 Å². The average Bonchev–Trinajstić information content (AvgIpc) is 3.11. The summed E-state index contributed by atoms with van der Waals surface area (Å²) in [5.41, 5.74) is 4.47. The Morgan fingerprint density at radius 1 is 0.538 bits per heavy atom. The number of aryl methyl sites for hydroxylation is 1. The maximum Gasteiger partial charge on any atom is 0.338 e. The second-order valence-electron chi connectivity index (χ2n) is 13.6. The molecule has 8 heteroatoms. The van der Waals surface area contributed by atoms with Gasteiger partial charge < -0.3 is 18.9 Å². The normalized spacial score (nSPS) is 11.0. The number of hydrogen-bond donors (Lipinski definition) is 0. The van der Waals surface area contributed by atoms with Gasteiger partial charge in [-0.3, -0.25) is 9.59 Å². The molecule has 0 aliphatic carbocycles. The van der Waals surface area contributed by atoms with E-state index in [1.54, 1.807) is 70.2 Å². The van der Waals surface area contributed by atoms with E-state index in [1.807, 2.05) is 30.3 Å². The van der Waals surface area contributed by atoms with E-state index in [2.05, 4.69) is 43.5 Å². The highest BCUT2D eigenvalue weighted by molar-refractivity contribution is 5.92. The summed E-state index contributed by atoms with van der Waals surface area (Å²) in [5.74, 6) is -0.978. The van der Waals surface area contributed by atoms with E-state index < -0.39 is 29.3 Å². The summed E-state index contributed by atoms with van der Waals surface area (Å²) in [5, 5.41) is 2.15. The number of benzene rings is 5. The number of fused-ring (bicyclic) bond motifs is 1. The van der Waals surface area contributed by atoms with Crippen LogP contribution in [-0.4, -0.2) is 23.9 Å². The third-order valence-electron chi connectivity index (χ3n) is 8.00. The Kier molecular flexibility index (Phi) is 11.2. The summed E-state index contributed by atoms with van der Waals surface area (Å²) in [6, 6.07) is 31.9. The largest absolute Gasteiger partial charge is 0.427 e. The van der Waals surface area contributed by atoms with Crippen molar-refractivity contribution < 1.29 is 38.1 Å². The Hall–Kier alpha value is -6.28. The highest BCUT2D eigenvalue weighted by Crippen LogP contribution is 2.33. The van der Waals surface area contributed by atoms with Crippen molar-refractivity contribution in [3.05, 3.63) is 133 Å². The highest BCUT2D eigenvalue weighted by atomic mass is 16.6. The van der Waals surface area contributed by atoms with Crippen LogP contribution in [0.15, 0.2) is 127 Å². The molecule has 0 radical (unpaired) electrons. The maximum absolute atomic E-state index is 12.8. The summed E-state index contributed by atoms with van der Waals surface area (Å²) in [6.45, 7) is 15.5. The van der Waals surface area contributed by atoms with Crippen LogP contribution in [0.5, 0.6) is 23.0 Å². The van der Waals surface area contributed by atoms with Crippen molar-refractivity contribution in [1.82, 2.24) is 0 Å². The van der Waals surface area contributed by atoms with Gasteiger partial charge >= 0.3 is 23.9 Å². The minimum atomic E-state index is -0.765. The van der Waals surface area contributed by atoms with Crippen molar-refractivity contribution in [2.75, 3.05) is 0 Å². The van der Waals surface area contributed by atoms with Crippen molar-refractivity contribution in [2.45, 2.75) is 47.5 Å². The Morgan fingerprint density at radius 3 is 1.52 bits per heavy atom. The number of hydrogen-bond acceptors (Lipinski definition) is 8. The third kappa shape index (κ3) is 9.48. The highest BCUT2D eigenvalue weighted by Gasteiger charge is 2.26. The van der Waals surface area contributed by atoms with Crippen LogP contribution in [0.25, 0.3) is 33.0 Å². The number of esters is 4. The molecular weight excluding hydrogens is 656 g/mol. The number of carbonyl (C=O) groups is 4.